The van der Waals surface area contributed by atoms with E-state index >= 15 is 0 Å². The lowest BCUT2D eigenvalue weighted by molar-refractivity contribution is 0.598. The largest absolute Gasteiger partial charge is 0.244 e. The first-order valence-electron chi connectivity index (χ1n) is 5.42. The van der Waals surface area contributed by atoms with Crippen LogP contribution in [0.15, 0.2) is 41.7 Å². The summed E-state index contributed by atoms with van der Waals surface area (Å²) in [6.07, 6.45) is 4.38. The van der Waals surface area contributed by atoms with Gasteiger partial charge in [-0.3, -0.25) is 0 Å². The first-order valence-corrected chi connectivity index (χ1v) is 8.13. The van der Waals surface area contributed by atoms with Crippen LogP contribution in [0, 0.1) is 0 Å². The number of hydrogen-bond acceptors (Lipinski definition) is 6. The molecule has 0 aliphatic heterocycles. The van der Waals surface area contributed by atoms with E-state index in [9.17, 15) is 8.42 Å². The standard InChI is InChI=1S/C12H9N3O2S2/c1-19(16,17)10-5-4-8(7-14-10)11-15-9-3-2-6-13-12(9)18-11/h2-7H,1H3. The molecule has 7 heteroatoms. The summed E-state index contributed by atoms with van der Waals surface area (Å²) in [5.41, 5.74) is 1.62. The first-order chi connectivity index (χ1) is 9.04. The van der Waals surface area contributed by atoms with Gasteiger partial charge in [-0.2, -0.15) is 0 Å². The Bertz CT molecular complexity index is 806. The molecule has 0 saturated carbocycles. The van der Waals surface area contributed by atoms with Crippen LogP contribution in [-0.4, -0.2) is 29.6 Å². The Labute approximate surface area is 113 Å². The van der Waals surface area contributed by atoms with Gasteiger partial charge < -0.3 is 0 Å². The van der Waals surface area contributed by atoms with Crippen molar-refractivity contribution in [3.63, 3.8) is 0 Å². The van der Waals surface area contributed by atoms with Gasteiger partial charge in [-0.25, -0.2) is 23.4 Å². The van der Waals surface area contributed by atoms with Gasteiger partial charge in [-0.05, 0) is 24.3 Å². The third-order valence-corrected chi connectivity index (χ3v) is 4.56. The summed E-state index contributed by atoms with van der Waals surface area (Å²) < 4.78 is 22.7. The molecule has 0 aliphatic carbocycles. The Balaban J connectivity index is 2.07. The number of hydrogen-bond donors (Lipinski definition) is 0. The summed E-state index contributed by atoms with van der Waals surface area (Å²) >= 11 is 1.45. The summed E-state index contributed by atoms with van der Waals surface area (Å²) in [7, 11) is -3.27. The highest BCUT2D eigenvalue weighted by atomic mass is 32.2. The number of nitrogens with zero attached hydrogens (tertiary/aromatic N) is 3. The fourth-order valence-corrected chi connectivity index (χ4v) is 3.08. The molecular formula is C12H9N3O2S2. The maximum Gasteiger partial charge on any atom is 0.192 e. The monoisotopic (exact) mass is 291 g/mol. The van der Waals surface area contributed by atoms with Crippen LogP contribution >= 0.6 is 11.3 Å². The normalized spacial score (nSPS) is 11.8. The van der Waals surface area contributed by atoms with E-state index in [1.165, 1.54) is 23.6 Å². The molecule has 19 heavy (non-hydrogen) atoms. The van der Waals surface area contributed by atoms with Crippen LogP contribution in [0.5, 0.6) is 0 Å². The van der Waals surface area contributed by atoms with Crippen molar-refractivity contribution in [2.75, 3.05) is 6.26 Å². The molecule has 0 bridgehead atoms. The van der Waals surface area contributed by atoms with Crippen molar-refractivity contribution in [3.8, 4) is 10.6 Å². The highest BCUT2D eigenvalue weighted by molar-refractivity contribution is 7.90. The van der Waals surface area contributed by atoms with Gasteiger partial charge in [-0.1, -0.05) is 11.3 Å². The molecule has 96 valence electrons. The van der Waals surface area contributed by atoms with Crippen molar-refractivity contribution in [2.24, 2.45) is 0 Å². The lowest BCUT2D eigenvalue weighted by atomic mass is 10.3. The van der Waals surface area contributed by atoms with Gasteiger partial charge in [0.05, 0.1) is 0 Å². The second-order valence-electron chi connectivity index (χ2n) is 4.00. The van der Waals surface area contributed by atoms with Gasteiger partial charge in [0, 0.05) is 24.2 Å². The van der Waals surface area contributed by atoms with E-state index in [-0.39, 0.29) is 5.03 Å². The van der Waals surface area contributed by atoms with Crippen LogP contribution in [0.1, 0.15) is 0 Å². The summed E-state index contributed by atoms with van der Waals surface area (Å²) in [6, 6.07) is 6.92. The highest BCUT2D eigenvalue weighted by Crippen LogP contribution is 2.28. The third kappa shape index (κ3) is 2.34. The van der Waals surface area contributed by atoms with E-state index < -0.39 is 9.84 Å². The van der Waals surface area contributed by atoms with E-state index in [1.54, 1.807) is 12.3 Å². The first kappa shape index (κ1) is 12.2. The smallest absolute Gasteiger partial charge is 0.192 e. The average molecular weight is 291 g/mol. The molecule has 3 rings (SSSR count). The van der Waals surface area contributed by atoms with E-state index in [2.05, 4.69) is 15.0 Å². The zero-order valence-electron chi connectivity index (χ0n) is 9.94. The zero-order valence-corrected chi connectivity index (χ0v) is 11.6. The molecule has 5 nitrogen and oxygen atoms in total. The Morgan fingerprint density at radius 3 is 2.63 bits per heavy atom. The molecular weight excluding hydrogens is 282 g/mol. The molecule has 3 aromatic heterocycles. The number of pyridine rings is 2. The second kappa shape index (κ2) is 4.36. The van der Waals surface area contributed by atoms with Gasteiger partial charge in [0.1, 0.15) is 15.4 Å². The van der Waals surface area contributed by atoms with Crippen LogP contribution in [0.3, 0.4) is 0 Å². The molecule has 0 N–H and O–H groups in total. The molecule has 0 amide bonds. The van der Waals surface area contributed by atoms with Crippen LogP contribution in [0.25, 0.3) is 20.9 Å². The molecule has 3 heterocycles. The van der Waals surface area contributed by atoms with E-state index in [4.69, 9.17) is 0 Å². The fourth-order valence-electron chi connectivity index (χ4n) is 1.62. The van der Waals surface area contributed by atoms with Crippen molar-refractivity contribution in [2.45, 2.75) is 5.03 Å². The fraction of sp³-hybridized carbons (Fsp3) is 0.0833. The maximum atomic E-state index is 11.3. The lowest BCUT2D eigenvalue weighted by Crippen LogP contribution is -1.99. The number of aromatic nitrogens is 3. The summed E-state index contributed by atoms with van der Waals surface area (Å²) in [5.74, 6) is 0. The predicted octanol–water partition coefficient (Wildman–Crippen LogP) is 2.16. The minimum atomic E-state index is -3.27. The van der Waals surface area contributed by atoms with Gasteiger partial charge in [0.15, 0.2) is 14.9 Å². The molecule has 0 fully saturated rings. The van der Waals surface area contributed by atoms with Crippen LogP contribution < -0.4 is 0 Å². The number of sulfone groups is 1. The summed E-state index contributed by atoms with van der Waals surface area (Å²) in [6.45, 7) is 0. The van der Waals surface area contributed by atoms with E-state index in [1.807, 2.05) is 12.1 Å². The Hall–Kier alpha value is -1.86. The summed E-state index contributed by atoms with van der Waals surface area (Å²) in [5, 5.41) is 0.844. The van der Waals surface area contributed by atoms with Gasteiger partial charge in [-0.15, -0.1) is 0 Å². The predicted molar refractivity (Wildman–Crippen MR) is 73.8 cm³/mol. The van der Waals surface area contributed by atoms with Crippen LogP contribution in [0.2, 0.25) is 0 Å². The molecule has 0 unspecified atom stereocenters. The second-order valence-corrected chi connectivity index (χ2v) is 6.94. The Morgan fingerprint density at radius 2 is 2.00 bits per heavy atom. The topological polar surface area (TPSA) is 72.8 Å². The van der Waals surface area contributed by atoms with Crippen molar-refractivity contribution >= 4 is 31.5 Å². The van der Waals surface area contributed by atoms with Gasteiger partial charge >= 0.3 is 0 Å². The average Bonchev–Trinajstić information content (AvgIpc) is 2.81. The van der Waals surface area contributed by atoms with Crippen LogP contribution in [-0.2, 0) is 9.84 Å². The summed E-state index contributed by atoms with van der Waals surface area (Å²) in [4.78, 5) is 13.5. The van der Waals surface area contributed by atoms with Crippen molar-refractivity contribution in [3.05, 3.63) is 36.7 Å². The van der Waals surface area contributed by atoms with Gasteiger partial charge in [0.25, 0.3) is 0 Å². The highest BCUT2D eigenvalue weighted by Gasteiger charge is 2.11. The zero-order chi connectivity index (χ0) is 13.5. The van der Waals surface area contributed by atoms with Crippen LogP contribution in [0.4, 0.5) is 0 Å². The molecule has 0 spiro atoms. The van der Waals surface area contributed by atoms with E-state index in [0.717, 1.165) is 27.2 Å². The molecule has 0 radical (unpaired) electrons. The lowest BCUT2D eigenvalue weighted by Gasteiger charge is -1.98. The SMILES string of the molecule is CS(=O)(=O)c1ccc(-c2nc3cccnc3s2)cn1. The minimum absolute atomic E-state index is 0.0653. The number of rotatable bonds is 2. The van der Waals surface area contributed by atoms with Crippen molar-refractivity contribution in [1.82, 2.24) is 15.0 Å². The molecule has 0 saturated heterocycles. The van der Waals surface area contributed by atoms with E-state index in [0.29, 0.717) is 0 Å². The Morgan fingerprint density at radius 1 is 1.16 bits per heavy atom. The third-order valence-electron chi connectivity index (χ3n) is 2.53. The maximum absolute atomic E-state index is 11.3. The van der Waals surface area contributed by atoms with Gasteiger partial charge in [0.2, 0.25) is 0 Å². The number of thiazole rings is 1. The molecule has 0 aromatic carbocycles. The molecule has 0 atom stereocenters. The van der Waals surface area contributed by atoms with Crippen molar-refractivity contribution < 1.29 is 8.42 Å². The molecule has 3 aromatic rings. The minimum Gasteiger partial charge on any atom is -0.244 e. The Kier molecular flexibility index (Phi) is 2.79. The van der Waals surface area contributed by atoms with Crippen molar-refractivity contribution in [1.29, 1.82) is 0 Å². The number of fused-ring (bicyclic) bond motifs is 1. The quantitative estimate of drug-likeness (QED) is 0.723. The molecule has 0 aliphatic rings.